The normalized spacial score (nSPS) is 16.6. The lowest BCUT2D eigenvalue weighted by Crippen LogP contribution is -2.32. The molecule has 0 radical (unpaired) electrons. The van der Waals surface area contributed by atoms with E-state index in [-0.39, 0.29) is 11.4 Å². The van der Waals surface area contributed by atoms with Crippen molar-refractivity contribution in [2.24, 2.45) is 10.9 Å². The topological polar surface area (TPSA) is 65.1 Å². The highest BCUT2D eigenvalue weighted by molar-refractivity contribution is 6.02. The van der Waals surface area contributed by atoms with Gasteiger partial charge in [-0.2, -0.15) is 0 Å². The lowest BCUT2D eigenvalue weighted by molar-refractivity contribution is 0.318. The first kappa shape index (κ1) is 14.6. The maximum atomic E-state index is 13.9. The van der Waals surface area contributed by atoms with E-state index in [4.69, 9.17) is 10.9 Å². The maximum absolute atomic E-state index is 13.9. The molecule has 20 heavy (non-hydrogen) atoms. The molecule has 0 aliphatic carbocycles. The zero-order chi connectivity index (χ0) is 14.5. The third-order valence-electron chi connectivity index (χ3n) is 3.72. The molecule has 0 bridgehead atoms. The van der Waals surface area contributed by atoms with Gasteiger partial charge in [-0.25, -0.2) is 4.39 Å². The van der Waals surface area contributed by atoms with Crippen molar-refractivity contribution in [1.29, 1.82) is 0 Å². The Kier molecular flexibility index (Phi) is 4.79. The van der Waals surface area contributed by atoms with Crippen LogP contribution in [-0.2, 0) is 0 Å². The SMILES string of the molecule is CN(CCN1CCCC1)c1cccc(F)c1C(N)=NO. The largest absolute Gasteiger partial charge is 0.409 e. The first-order valence-electron chi connectivity index (χ1n) is 6.83. The number of halogens is 1. The van der Waals surface area contributed by atoms with Crippen LogP contribution in [-0.4, -0.2) is 49.2 Å². The molecule has 0 saturated carbocycles. The standard InChI is InChI=1S/C14H21FN4O/c1-18(9-10-19-7-2-3-8-19)12-6-4-5-11(15)13(12)14(16)17-20/h4-6,20H,2-3,7-10H2,1H3,(H2,16,17). The molecule has 3 N–H and O–H groups in total. The summed E-state index contributed by atoms with van der Waals surface area (Å²) in [5, 5.41) is 11.7. The lowest BCUT2D eigenvalue weighted by atomic mass is 10.1. The van der Waals surface area contributed by atoms with Crippen molar-refractivity contribution in [3.63, 3.8) is 0 Å². The highest BCUT2D eigenvalue weighted by Crippen LogP contribution is 2.22. The number of hydrogen-bond acceptors (Lipinski definition) is 4. The third kappa shape index (κ3) is 3.19. The molecular formula is C14H21FN4O. The number of nitrogens with zero attached hydrogens (tertiary/aromatic N) is 3. The van der Waals surface area contributed by atoms with Crippen molar-refractivity contribution in [3.05, 3.63) is 29.6 Å². The quantitative estimate of drug-likeness (QED) is 0.371. The number of benzene rings is 1. The number of oxime groups is 1. The van der Waals surface area contributed by atoms with Gasteiger partial charge in [0, 0.05) is 20.1 Å². The van der Waals surface area contributed by atoms with E-state index in [9.17, 15) is 4.39 Å². The first-order valence-corrected chi connectivity index (χ1v) is 6.83. The minimum Gasteiger partial charge on any atom is -0.409 e. The summed E-state index contributed by atoms with van der Waals surface area (Å²) in [6, 6.07) is 4.72. The van der Waals surface area contributed by atoms with Gasteiger partial charge in [0.1, 0.15) is 5.82 Å². The van der Waals surface area contributed by atoms with E-state index in [1.807, 2.05) is 11.9 Å². The fourth-order valence-electron chi connectivity index (χ4n) is 2.55. The minimum atomic E-state index is -0.481. The molecule has 2 rings (SSSR count). The van der Waals surface area contributed by atoms with Gasteiger partial charge in [-0.15, -0.1) is 0 Å². The predicted molar refractivity (Wildman–Crippen MR) is 77.9 cm³/mol. The lowest BCUT2D eigenvalue weighted by Gasteiger charge is -2.25. The molecule has 0 amide bonds. The van der Waals surface area contributed by atoms with Gasteiger partial charge in [0.2, 0.25) is 0 Å². The highest BCUT2D eigenvalue weighted by atomic mass is 19.1. The van der Waals surface area contributed by atoms with Gasteiger partial charge in [-0.1, -0.05) is 11.2 Å². The van der Waals surface area contributed by atoms with Crippen LogP contribution in [0.5, 0.6) is 0 Å². The molecule has 6 heteroatoms. The second kappa shape index (κ2) is 6.56. The summed E-state index contributed by atoms with van der Waals surface area (Å²) in [4.78, 5) is 4.33. The Labute approximate surface area is 118 Å². The maximum Gasteiger partial charge on any atom is 0.175 e. The van der Waals surface area contributed by atoms with Crippen LogP contribution in [0.25, 0.3) is 0 Å². The number of anilines is 1. The zero-order valence-electron chi connectivity index (χ0n) is 11.7. The molecular weight excluding hydrogens is 259 g/mol. The third-order valence-corrected chi connectivity index (χ3v) is 3.72. The van der Waals surface area contributed by atoms with Crippen molar-refractivity contribution in [2.45, 2.75) is 12.8 Å². The van der Waals surface area contributed by atoms with Crippen molar-refractivity contribution in [2.75, 3.05) is 38.1 Å². The summed E-state index contributed by atoms with van der Waals surface area (Å²) in [5.74, 6) is -0.683. The first-order chi connectivity index (χ1) is 9.63. The molecule has 1 fully saturated rings. The minimum absolute atomic E-state index is 0.152. The van der Waals surface area contributed by atoms with E-state index in [0.29, 0.717) is 5.69 Å². The van der Waals surface area contributed by atoms with Gasteiger partial charge in [0.15, 0.2) is 5.84 Å². The Morgan fingerprint density at radius 3 is 2.80 bits per heavy atom. The van der Waals surface area contributed by atoms with Crippen molar-refractivity contribution >= 4 is 11.5 Å². The van der Waals surface area contributed by atoms with E-state index >= 15 is 0 Å². The Bertz CT molecular complexity index is 486. The molecule has 1 heterocycles. The van der Waals surface area contributed by atoms with E-state index < -0.39 is 5.82 Å². The summed E-state index contributed by atoms with van der Waals surface area (Å²) < 4.78 is 13.9. The summed E-state index contributed by atoms with van der Waals surface area (Å²) >= 11 is 0. The highest BCUT2D eigenvalue weighted by Gasteiger charge is 2.17. The van der Waals surface area contributed by atoms with Crippen LogP contribution in [0.4, 0.5) is 10.1 Å². The molecule has 110 valence electrons. The zero-order valence-corrected chi connectivity index (χ0v) is 11.7. The van der Waals surface area contributed by atoms with Gasteiger partial charge in [-0.05, 0) is 38.1 Å². The Morgan fingerprint density at radius 1 is 1.45 bits per heavy atom. The Hall–Kier alpha value is -1.82. The van der Waals surface area contributed by atoms with Crippen LogP contribution in [0.3, 0.4) is 0 Å². The van der Waals surface area contributed by atoms with E-state index in [1.165, 1.54) is 18.9 Å². The number of likely N-dealkylation sites (N-methyl/N-ethyl adjacent to an activating group) is 1. The molecule has 1 aliphatic heterocycles. The second-order valence-electron chi connectivity index (χ2n) is 5.09. The molecule has 0 unspecified atom stereocenters. The molecule has 0 aromatic heterocycles. The van der Waals surface area contributed by atoms with Crippen LogP contribution in [0.2, 0.25) is 0 Å². The molecule has 1 aromatic carbocycles. The fraction of sp³-hybridized carbons (Fsp3) is 0.500. The van der Waals surface area contributed by atoms with Crippen LogP contribution in [0, 0.1) is 5.82 Å². The van der Waals surface area contributed by atoms with E-state index in [2.05, 4.69) is 10.1 Å². The van der Waals surface area contributed by atoms with Gasteiger partial charge < -0.3 is 20.7 Å². The summed E-state index contributed by atoms with van der Waals surface area (Å²) in [7, 11) is 1.89. The molecule has 0 spiro atoms. The summed E-state index contributed by atoms with van der Waals surface area (Å²) in [5.41, 5.74) is 6.37. The number of hydrogen-bond donors (Lipinski definition) is 2. The average Bonchev–Trinajstić information content (AvgIpc) is 2.97. The van der Waals surface area contributed by atoms with Gasteiger partial charge in [0.25, 0.3) is 0 Å². The monoisotopic (exact) mass is 280 g/mol. The smallest absolute Gasteiger partial charge is 0.175 e. The van der Waals surface area contributed by atoms with Crippen LogP contribution in [0.15, 0.2) is 23.4 Å². The molecule has 0 atom stereocenters. The number of likely N-dealkylation sites (tertiary alicyclic amines) is 1. The Balaban J connectivity index is 2.12. The average molecular weight is 280 g/mol. The van der Waals surface area contributed by atoms with Crippen molar-refractivity contribution in [3.8, 4) is 0 Å². The van der Waals surface area contributed by atoms with Crippen LogP contribution in [0.1, 0.15) is 18.4 Å². The van der Waals surface area contributed by atoms with E-state index in [0.717, 1.165) is 26.2 Å². The van der Waals surface area contributed by atoms with E-state index in [1.54, 1.807) is 12.1 Å². The molecule has 5 nitrogen and oxygen atoms in total. The van der Waals surface area contributed by atoms with Crippen molar-refractivity contribution in [1.82, 2.24) is 4.90 Å². The molecule has 1 saturated heterocycles. The fourth-order valence-corrected chi connectivity index (χ4v) is 2.55. The second-order valence-corrected chi connectivity index (χ2v) is 5.09. The van der Waals surface area contributed by atoms with Crippen LogP contribution < -0.4 is 10.6 Å². The van der Waals surface area contributed by atoms with Gasteiger partial charge in [0.05, 0.1) is 11.3 Å². The summed E-state index contributed by atoms with van der Waals surface area (Å²) in [6.07, 6.45) is 2.50. The number of rotatable bonds is 5. The molecule has 1 aliphatic rings. The predicted octanol–water partition coefficient (Wildman–Crippen LogP) is 1.45. The Morgan fingerprint density at radius 2 is 2.15 bits per heavy atom. The number of amidine groups is 1. The molecule has 1 aromatic rings. The van der Waals surface area contributed by atoms with Gasteiger partial charge >= 0.3 is 0 Å². The number of nitrogens with two attached hydrogens (primary N) is 1. The summed E-state index contributed by atoms with van der Waals surface area (Å²) in [6.45, 7) is 3.96. The van der Waals surface area contributed by atoms with Crippen LogP contribution >= 0.6 is 0 Å². The van der Waals surface area contributed by atoms with Crippen molar-refractivity contribution < 1.29 is 9.60 Å². The van der Waals surface area contributed by atoms with Gasteiger partial charge in [-0.3, -0.25) is 0 Å².